The molecule has 0 radical (unpaired) electrons. The van der Waals surface area contributed by atoms with E-state index in [2.05, 4.69) is 0 Å². The predicted molar refractivity (Wildman–Crippen MR) is 39.1 cm³/mol. The maximum absolute atomic E-state index is 10.5. The largest absolute Gasteiger partial charge is 0.358 e. The third-order valence-electron chi connectivity index (χ3n) is 3.73. The standard InChI is InChI=1S/C9H12O2/c10-5-8-9(11-8)4-6-1-2-7(9)3-6/h5-8H,1-4H2. The first-order chi connectivity index (χ1) is 5.35. The Balaban J connectivity index is 1.87. The number of carbonyl (C=O) groups is 1. The summed E-state index contributed by atoms with van der Waals surface area (Å²) >= 11 is 0. The number of carbonyl (C=O) groups excluding carboxylic acids is 1. The Morgan fingerprint density at radius 2 is 2.36 bits per heavy atom. The van der Waals surface area contributed by atoms with Crippen LogP contribution in [0.1, 0.15) is 25.7 Å². The number of hydrogen-bond acceptors (Lipinski definition) is 2. The molecule has 3 fully saturated rings. The van der Waals surface area contributed by atoms with E-state index >= 15 is 0 Å². The van der Waals surface area contributed by atoms with Crippen LogP contribution in [0, 0.1) is 11.8 Å². The van der Waals surface area contributed by atoms with E-state index in [1.54, 1.807) is 0 Å². The second-order valence-electron chi connectivity index (χ2n) is 4.21. The van der Waals surface area contributed by atoms with Gasteiger partial charge in [-0.15, -0.1) is 0 Å². The average Bonchev–Trinajstić information content (AvgIpc) is 2.45. The fraction of sp³-hybridized carbons (Fsp3) is 0.889. The minimum Gasteiger partial charge on any atom is -0.358 e. The zero-order valence-electron chi connectivity index (χ0n) is 6.45. The molecular formula is C9H12O2. The van der Waals surface area contributed by atoms with Gasteiger partial charge in [-0.1, -0.05) is 0 Å². The van der Waals surface area contributed by atoms with Crippen LogP contribution < -0.4 is 0 Å². The van der Waals surface area contributed by atoms with Crippen LogP contribution in [0.3, 0.4) is 0 Å². The molecule has 0 amide bonds. The monoisotopic (exact) mass is 152 g/mol. The summed E-state index contributed by atoms with van der Waals surface area (Å²) in [6, 6.07) is 0. The van der Waals surface area contributed by atoms with Crippen molar-refractivity contribution in [3.05, 3.63) is 0 Å². The summed E-state index contributed by atoms with van der Waals surface area (Å²) in [5.41, 5.74) is 0.0602. The Kier molecular flexibility index (Phi) is 0.947. The summed E-state index contributed by atoms with van der Waals surface area (Å²) in [4.78, 5) is 10.5. The first-order valence-corrected chi connectivity index (χ1v) is 4.48. The molecule has 1 spiro atoms. The molecule has 4 unspecified atom stereocenters. The van der Waals surface area contributed by atoms with Gasteiger partial charge < -0.3 is 9.53 Å². The predicted octanol–water partition coefficient (Wildman–Crippen LogP) is 1.14. The van der Waals surface area contributed by atoms with Crippen LogP contribution in [0.5, 0.6) is 0 Å². The molecule has 2 nitrogen and oxygen atoms in total. The zero-order chi connectivity index (χ0) is 7.47. The van der Waals surface area contributed by atoms with Crippen molar-refractivity contribution in [3.63, 3.8) is 0 Å². The number of rotatable bonds is 1. The van der Waals surface area contributed by atoms with Crippen molar-refractivity contribution in [2.24, 2.45) is 11.8 Å². The number of aldehydes is 1. The lowest BCUT2D eigenvalue weighted by atomic mass is 9.86. The lowest BCUT2D eigenvalue weighted by Crippen LogP contribution is -2.23. The highest BCUT2D eigenvalue weighted by Crippen LogP contribution is 2.61. The van der Waals surface area contributed by atoms with Crippen molar-refractivity contribution in [1.82, 2.24) is 0 Å². The van der Waals surface area contributed by atoms with Gasteiger partial charge in [0.15, 0.2) is 6.29 Å². The van der Waals surface area contributed by atoms with E-state index in [-0.39, 0.29) is 11.7 Å². The number of ether oxygens (including phenoxy) is 1. The first kappa shape index (κ1) is 6.18. The molecule has 0 aromatic carbocycles. The molecule has 2 heteroatoms. The van der Waals surface area contributed by atoms with E-state index in [9.17, 15) is 4.79 Å². The lowest BCUT2D eigenvalue weighted by molar-refractivity contribution is -0.108. The maximum Gasteiger partial charge on any atom is 0.151 e. The van der Waals surface area contributed by atoms with Gasteiger partial charge in [0, 0.05) is 0 Å². The van der Waals surface area contributed by atoms with E-state index in [0.29, 0.717) is 0 Å². The van der Waals surface area contributed by atoms with Gasteiger partial charge in [-0.05, 0) is 37.5 Å². The molecule has 4 atom stereocenters. The quantitative estimate of drug-likeness (QED) is 0.416. The zero-order valence-corrected chi connectivity index (χ0v) is 6.45. The first-order valence-electron chi connectivity index (χ1n) is 4.48. The maximum atomic E-state index is 10.5. The minimum absolute atomic E-state index is 0.0298. The highest BCUT2D eigenvalue weighted by molar-refractivity contribution is 5.63. The molecule has 1 aliphatic heterocycles. The van der Waals surface area contributed by atoms with Gasteiger partial charge in [-0.25, -0.2) is 0 Å². The summed E-state index contributed by atoms with van der Waals surface area (Å²) in [7, 11) is 0. The van der Waals surface area contributed by atoms with E-state index in [0.717, 1.165) is 18.1 Å². The smallest absolute Gasteiger partial charge is 0.151 e. The molecule has 60 valence electrons. The second kappa shape index (κ2) is 1.69. The van der Waals surface area contributed by atoms with E-state index < -0.39 is 0 Å². The van der Waals surface area contributed by atoms with Crippen LogP contribution in [-0.4, -0.2) is 18.0 Å². The van der Waals surface area contributed by atoms with Crippen LogP contribution in [0.2, 0.25) is 0 Å². The Morgan fingerprint density at radius 3 is 2.82 bits per heavy atom. The summed E-state index contributed by atoms with van der Waals surface area (Å²) in [5.74, 6) is 1.60. The SMILES string of the molecule is O=CC1OC12CC1CCC2C1. The van der Waals surface area contributed by atoms with Gasteiger partial charge >= 0.3 is 0 Å². The Hall–Kier alpha value is -0.370. The summed E-state index contributed by atoms with van der Waals surface area (Å²) in [6.07, 6.45) is 6.13. The van der Waals surface area contributed by atoms with Crippen molar-refractivity contribution in [3.8, 4) is 0 Å². The van der Waals surface area contributed by atoms with Crippen molar-refractivity contribution in [2.75, 3.05) is 0 Å². The molecule has 0 aromatic rings. The summed E-state index contributed by atoms with van der Waals surface area (Å²) in [6.45, 7) is 0. The van der Waals surface area contributed by atoms with Gasteiger partial charge in [-0.2, -0.15) is 0 Å². The third kappa shape index (κ3) is 0.598. The van der Waals surface area contributed by atoms with Crippen molar-refractivity contribution >= 4 is 6.29 Å². The molecule has 2 saturated carbocycles. The third-order valence-corrected chi connectivity index (χ3v) is 3.73. The molecule has 1 saturated heterocycles. The van der Waals surface area contributed by atoms with E-state index in [1.165, 1.54) is 25.7 Å². The van der Waals surface area contributed by atoms with Gasteiger partial charge in [0.25, 0.3) is 0 Å². The van der Waals surface area contributed by atoms with E-state index in [1.807, 2.05) is 0 Å². The van der Waals surface area contributed by atoms with Crippen LogP contribution in [0.15, 0.2) is 0 Å². The molecule has 0 N–H and O–H groups in total. The van der Waals surface area contributed by atoms with Crippen LogP contribution in [-0.2, 0) is 9.53 Å². The van der Waals surface area contributed by atoms with Crippen molar-refractivity contribution in [1.29, 1.82) is 0 Å². The Bertz CT molecular complexity index is 214. The molecule has 2 aliphatic carbocycles. The fourth-order valence-corrected chi connectivity index (χ4v) is 3.16. The highest BCUT2D eigenvalue weighted by atomic mass is 16.6. The normalized spacial score (nSPS) is 58.7. The number of epoxide rings is 1. The molecule has 2 bridgehead atoms. The molecule has 3 aliphatic rings. The van der Waals surface area contributed by atoms with Gasteiger partial charge in [-0.3, -0.25) is 0 Å². The number of fused-ring (bicyclic) bond motifs is 3. The van der Waals surface area contributed by atoms with E-state index in [4.69, 9.17) is 4.74 Å². The fourth-order valence-electron chi connectivity index (χ4n) is 3.16. The summed E-state index contributed by atoms with van der Waals surface area (Å²) < 4.78 is 5.48. The highest BCUT2D eigenvalue weighted by Gasteiger charge is 2.67. The summed E-state index contributed by atoms with van der Waals surface area (Å²) in [5, 5.41) is 0. The molecule has 3 rings (SSSR count). The molecule has 0 aromatic heterocycles. The Morgan fingerprint density at radius 1 is 1.45 bits per heavy atom. The van der Waals surface area contributed by atoms with Crippen molar-refractivity contribution in [2.45, 2.75) is 37.4 Å². The van der Waals surface area contributed by atoms with Crippen LogP contribution in [0.25, 0.3) is 0 Å². The lowest BCUT2D eigenvalue weighted by Gasteiger charge is -2.16. The minimum atomic E-state index is -0.0298. The van der Waals surface area contributed by atoms with Crippen LogP contribution in [0.4, 0.5) is 0 Å². The van der Waals surface area contributed by atoms with Gasteiger partial charge in [0.05, 0.1) is 0 Å². The van der Waals surface area contributed by atoms with Gasteiger partial charge in [0.2, 0.25) is 0 Å². The second-order valence-corrected chi connectivity index (χ2v) is 4.21. The van der Waals surface area contributed by atoms with Crippen LogP contribution >= 0.6 is 0 Å². The molecule has 1 heterocycles. The molecular weight excluding hydrogens is 140 g/mol. The topological polar surface area (TPSA) is 29.6 Å². The Labute approximate surface area is 65.9 Å². The average molecular weight is 152 g/mol. The number of hydrogen-bond donors (Lipinski definition) is 0. The van der Waals surface area contributed by atoms with Crippen molar-refractivity contribution < 1.29 is 9.53 Å². The molecule has 11 heavy (non-hydrogen) atoms. The van der Waals surface area contributed by atoms with Gasteiger partial charge in [0.1, 0.15) is 11.7 Å².